The van der Waals surface area contributed by atoms with E-state index in [1.165, 1.54) is 68.7 Å². The second kappa shape index (κ2) is 10.9. The quantitative estimate of drug-likeness (QED) is 0.381. The number of hydrogen-bond acceptors (Lipinski definition) is 5. The van der Waals surface area contributed by atoms with Gasteiger partial charge in [0.05, 0.1) is 17.2 Å². The lowest BCUT2D eigenvalue weighted by Gasteiger charge is -2.35. The van der Waals surface area contributed by atoms with E-state index in [0.29, 0.717) is 18.0 Å². The molecule has 216 valence electrons. The topological polar surface area (TPSA) is 62.8 Å². The van der Waals surface area contributed by atoms with Crippen LogP contribution in [0.4, 0.5) is 0 Å². The first-order valence-corrected chi connectivity index (χ1v) is 16.1. The normalized spacial score (nSPS) is 23.0. The van der Waals surface area contributed by atoms with Gasteiger partial charge < -0.3 is 19.9 Å². The van der Waals surface area contributed by atoms with Crippen LogP contribution in [0, 0.1) is 13.8 Å². The van der Waals surface area contributed by atoms with E-state index in [1.807, 2.05) is 6.92 Å². The predicted octanol–water partition coefficient (Wildman–Crippen LogP) is 5.49. The van der Waals surface area contributed by atoms with Crippen molar-refractivity contribution in [2.45, 2.75) is 90.3 Å². The van der Waals surface area contributed by atoms with Crippen LogP contribution in [-0.2, 0) is 16.6 Å². The van der Waals surface area contributed by atoms with Crippen LogP contribution in [0.3, 0.4) is 0 Å². The molecular weight excluding hydrogens is 516 g/mol. The monoisotopic (exact) mass is 562 g/mol. The Kier molecular flexibility index (Phi) is 7.62. The number of hydrogen-bond donors (Lipinski definition) is 2. The summed E-state index contributed by atoms with van der Waals surface area (Å²) in [5.41, 5.74) is 5.89. The highest BCUT2D eigenvalue weighted by molar-refractivity contribution is 7.19. The summed E-state index contributed by atoms with van der Waals surface area (Å²) >= 11 is 1.77. The molecule has 1 atom stereocenters. The fourth-order valence-electron chi connectivity index (χ4n) is 7.48. The Morgan fingerprint density at radius 1 is 1.00 bits per heavy atom. The number of rotatable bonds is 8. The van der Waals surface area contributed by atoms with E-state index >= 15 is 0 Å². The Morgan fingerprint density at radius 3 is 2.20 bits per heavy atom. The number of aliphatic hydroxyl groups excluding tert-OH is 1. The van der Waals surface area contributed by atoms with Gasteiger partial charge in [-0.2, -0.15) is 0 Å². The molecule has 5 heterocycles. The molecule has 0 aliphatic carbocycles. The van der Waals surface area contributed by atoms with Crippen LogP contribution in [0.5, 0.6) is 0 Å². The van der Waals surface area contributed by atoms with Gasteiger partial charge in [0.1, 0.15) is 4.83 Å². The number of benzene rings is 1. The summed E-state index contributed by atoms with van der Waals surface area (Å²) in [4.78, 5) is 27.2. The van der Waals surface area contributed by atoms with E-state index in [4.69, 9.17) is 0 Å². The molecule has 0 spiro atoms. The summed E-state index contributed by atoms with van der Waals surface area (Å²) in [6.07, 6.45) is 5.40. The molecule has 3 aliphatic heterocycles. The maximum atomic E-state index is 13.9. The summed E-state index contributed by atoms with van der Waals surface area (Å²) in [6.45, 7) is 16.3. The fourth-order valence-corrected chi connectivity index (χ4v) is 8.66. The minimum atomic E-state index is -0.521. The Morgan fingerprint density at radius 2 is 1.60 bits per heavy atom. The molecule has 1 amide bonds. The average molecular weight is 563 g/mol. The molecule has 1 unspecified atom stereocenters. The number of carbonyl (C=O) groups is 1. The van der Waals surface area contributed by atoms with Crippen LogP contribution in [0.15, 0.2) is 24.3 Å². The summed E-state index contributed by atoms with van der Waals surface area (Å²) in [7, 11) is 0. The number of nitrogens with zero attached hydrogens (tertiary/aromatic N) is 3. The highest BCUT2D eigenvalue weighted by atomic mass is 32.1. The zero-order chi connectivity index (χ0) is 28.2. The molecule has 0 radical (unpaired) electrons. The third kappa shape index (κ3) is 5.26. The Balaban J connectivity index is 1.29. The highest BCUT2D eigenvalue weighted by Gasteiger charge is 2.47. The first kappa shape index (κ1) is 28.0. The summed E-state index contributed by atoms with van der Waals surface area (Å²) < 4.78 is 0. The lowest BCUT2D eigenvalue weighted by Crippen LogP contribution is -2.48. The molecule has 2 N–H and O–H groups in total. The van der Waals surface area contributed by atoms with Gasteiger partial charge in [0.15, 0.2) is 0 Å². The van der Waals surface area contributed by atoms with Gasteiger partial charge in [-0.3, -0.25) is 9.69 Å². The van der Waals surface area contributed by atoms with Gasteiger partial charge in [-0.05, 0) is 96.0 Å². The molecule has 3 saturated heterocycles. The lowest BCUT2D eigenvalue weighted by molar-refractivity contribution is -0.137. The Bertz CT molecular complexity index is 1340. The number of nitrogens with one attached hydrogen (secondary N) is 1. The molecule has 0 saturated carbocycles. The van der Waals surface area contributed by atoms with E-state index < -0.39 is 5.41 Å². The number of aryl methyl sites for hydroxylation is 2. The van der Waals surface area contributed by atoms with E-state index in [-0.39, 0.29) is 6.10 Å². The minimum Gasteiger partial charge on any atom is -0.392 e. The molecular formula is C33H46N4O2S. The van der Waals surface area contributed by atoms with Crippen molar-refractivity contribution in [1.29, 1.82) is 0 Å². The van der Waals surface area contributed by atoms with Crippen LogP contribution < -0.4 is 0 Å². The van der Waals surface area contributed by atoms with Gasteiger partial charge in [-0.1, -0.05) is 17.2 Å². The number of piperazine rings is 1. The predicted molar refractivity (Wildman–Crippen MR) is 165 cm³/mol. The smallest absolute Gasteiger partial charge is 0.233 e. The molecule has 7 heteroatoms. The molecule has 3 aliphatic rings. The second-order valence-electron chi connectivity index (χ2n) is 13.2. The lowest BCUT2D eigenvalue weighted by atomic mass is 9.88. The molecule has 2 bridgehead atoms. The molecule has 3 aromatic rings. The number of fused-ring (bicyclic) bond motifs is 3. The number of carbonyl (C=O) groups excluding carboxylic acids is 1. The number of β-amino-alcohol motifs (C(OH)–C–C–N with tert-alkyl or cyclic N) is 1. The average Bonchev–Trinajstić information content (AvgIpc) is 3.67. The summed E-state index contributed by atoms with van der Waals surface area (Å²) in [5.74, 6) is 0.313. The van der Waals surface area contributed by atoms with Crippen molar-refractivity contribution in [3.63, 3.8) is 0 Å². The molecule has 3 fully saturated rings. The first-order valence-electron chi connectivity index (χ1n) is 15.3. The Labute approximate surface area is 243 Å². The number of aliphatic hydroxyl groups is 1. The molecule has 40 heavy (non-hydrogen) atoms. The largest absolute Gasteiger partial charge is 0.392 e. The van der Waals surface area contributed by atoms with Crippen LogP contribution >= 0.6 is 11.3 Å². The van der Waals surface area contributed by atoms with Crippen molar-refractivity contribution in [2.24, 2.45) is 0 Å². The minimum absolute atomic E-state index is 0.274. The number of aromatic nitrogens is 1. The van der Waals surface area contributed by atoms with Crippen molar-refractivity contribution in [2.75, 3.05) is 39.3 Å². The molecule has 6 rings (SSSR count). The first-order chi connectivity index (χ1) is 19.1. The molecule has 2 aromatic heterocycles. The second-order valence-corrected chi connectivity index (χ2v) is 14.3. The SMILES string of the molecule is Cc1cc(C)cc(-c2[nH]c3sc(C(C)(C)C(=O)N4C5CCC4CC5)cc3c2CCN2CCN(CC(C)O)CC2)c1. The third-order valence-electron chi connectivity index (χ3n) is 9.61. The number of thiophene rings is 1. The van der Waals surface area contributed by atoms with Gasteiger partial charge >= 0.3 is 0 Å². The number of H-pyrrole nitrogens is 1. The van der Waals surface area contributed by atoms with Crippen LogP contribution in [-0.4, -0.2) is 88.2 Å². The zero-order valence-electron chi connectivity index (χ0n) is 24.9. The van der Waals surface area contributed by atoms with E-state index in [2.05, 4.69) is 71.6 Å². The fraction of sp³-hybridized carbons (Fsp3) is 0.606. The van der Waals surface area contributed by atoms with Crippen molar-refractivity contribution < 1.29 is 9.90 Å². The number of aromatic amines is 1. The van der Waals surface area contributed by atoms with E-state index in [0.717, 1.165) is 45.7 Å². The van der Waals surface area contributed by atoms with Crippen LogP contribution in [0.25, 0.3) is 21.5 Å². The van der Waals surface area contributed by atoms with E-state index in [9.17, 15) is 9.90 Å². The van der Waals surface area contributed by atoms with Crippen molar-refractivity contribution in [3.05, 3.63) is 45.8 Å². The summed E-state index contributed by atoms with van der Waals surface area (Å²) in [5, 5.41) is 11.1. The maximum Gasteiger partial charge on any atom is 0.233 e. The highest BCUT2D eigenvalue weighted by Crippen LogP contribution is 2.44. The van der Waals surface area contributed by atoms with Gasteiger partial charge in [-0.25, -0.2) is 0 Å². The number of amides is 1. The van der Waals surface area contributed by atoms with Crippen molar-refractivity contribution in [3.8, 4) is 11.3 Å². The standard InChI is InChI=1S/C33H46N4O2S/c1-21-16-22(2)18-24(17-21)30-27(10-11-35-12-14-36(15-13-35)20-23(3)38)28-19-29(40-31(28)34-30)33(4,5)32(39)37-25-6-7-26(37)9-8-25/h16-19,23,25-26,34,38H,6-15,20H2,1-5H3. The maximum absolute atomic E-state index is 13.9. The van der Waals surface area contributed by atoms with Crippen molar-refractivity contribution >= 4 is 27.5 Å². The molecule has 1 aromatic carbocycles. The van der Waals surface area contributed by atoms with Gasteiger partial charge in [-0.15, -0.1) is 11.3 Å². The molecule has 6 nitrogen and oxygen atoms in total. The Hall–Kier alpha value is -2.19. The zero-order valence-corrected chi connectivity index (χ0v) is 25.7. The van der Waals surface area contributed by atoms with Gasteiger partial charge in [0.2, 0.25) is 5.91 Å². The van der Waals surface area contributed by atoms with Crippen molar-refractivity contribution in [1.82, 2.24) is 19.7 Å². The van der Waals surface area contributed by atoms with Crippen LogP contribution in [0.1, 0.15) is 68.0 Å². The van der Waals surface area contributed by atoms with E-state index in [1.54, 1.807) is 11.3 Å². The third-order valence-corrected chi connectivity index (χ3v) is 11.0. The van der Waals surface area contributed by atoms with Crippen LogP contribution in [0.2, 0.25) is 0 Å². The van der Waals surface area contributed by atoms with Gasteiger partial charge in [0.25, 0.3) is 0 Å². The summed E-state index contributed by atoms with van der Waals surface area (Å²) in [6, 6.07) is 10.0. The van der Waals surface area contributed by atoms with Gasteiger partial charge in [0, 0.05) is 61.6 Å².